The third-order valence-corrected chi connectivity index (χ3v) is 3.32. The van der Waals surface area contributed by atoms with Gasteiger partial charge in [0.15, 0.2) is 0 Å². The highest BCUT2D eigenvalue weighted by atomic mass is 35.5. The molecular formula is C13H15ClN2O2. The number of hydrogen-bond acceptors (Lipinski definition) is 2. The average Bonchev–Trinajstić information content (AvgIpc) is 2.37. The highest BCUT2D eigenvalue weighted by Crippen LogP contribution is 2.16. The van der Waals surface area contributed by atoms with Crippen LogP contribution in [0.4, 0.5) is 0 Å². The highest BCUT2D eigenvalue weighted by molar-refractivity contribution is 6.30. The summed E-state index contributed by atoms with van der Waals surface area (Å²) in [4.78, 5) is 25.2. The summed E-state index contributed by atoms with van der Waals surface area (Å²) in [7, 11) is 0. The molecule has 5 heteroatoms. The monoisotopic (exact) mass is 266 g/mol. The van der Waals surface area contributed by atoms with Crippen LogP contribution in [0, 0.1) is 0 Å². The molecule has 1 aliphatic rings. The minimum Gasteiger partial charge on any atom is -0.345 e. The maximum atomic E-state index is 11.9. The van der Waals surface area contributed by atoms with Crippen LogP contribution in [-0.4, -0.2) is 29.3 Å². The van der Waals surface area contributed by atoms with Gasteiger partial charge in [-0.25, -0.2) is 0 Å². The average molecular weight is 267 g/mol. The SMILES string of the molecule is CCC1C(=O)NCC(=O)N1Cc1ccc(Cl)cc1. The number of nitrogens with one attached hydrogen (secondary N) is 1. The van der Waals surface area contributed by atoms with E-state index in [1.54, 1.807) is 17.0 Å². The second-order valence-corrected chi connectivity index (χ2v) is 4.73. The second-order valence-electron chi connectivity index (χ2n) is 4.29. The molecule has 0 spiro atoms. The van der Waals surface area contributed by atoms with Crippen molar-refractivity contribution in [1.82, 2.24) is 10.2 Å². The normalized spacial score (nSPS) is 19.9. The number of amides is 2. The van der Waals surface area contributed by atoms with E-state index in [0.29, 0.717) is 18.0 Å². The van der Waals surface area contributed by atoms with Crippen molar-refractivity contribution in [3.05, 3.63) is 34.9 Å². The first kappa shape index (κ1) is 12.9. The van der Waals surface area contributed by atoms with Crippen molar-refractivity contribution in [3.8, 4) is 0 Å². The lowest BCUT2D eigenvalue weighted by atomic mass is 10.1. The molecule has 1 saturated heterocycles. The van der Waals surface area contributed by atoms with E-state index in [1.807, 2.05) is 19.1 Å². The molecule has 1 N–H and O–H groups in total. The fourth-order valence-corrected chi connectivity index (χ4v) is 2.21. The first-order valence-electron chi connectivity index (χ1n) is 5.93. The number of benzene rings is 1. The number of piperazine rings is 1. The Kier molecular flexibility index (Phi) is 3.87. The Hall–Kier alpha value is -1.55. The Morgan fingerprint density at radius 3 is 2.61 bits per heavy atom. The largest absolute Gasteiger partial charge is 0.345 e. The summed E-state index contributed by atoms with van der Waals surface area (Å²) in [6.07, 6.45) is 0.616. The van der Waals surface area contributed by atoms with Crippen molar-refractivity contribution in [2.75, 3.05) is 6.54 Å². The molecular weight excluding hydrogens is 252 g/mol. The molecule has 1 aromatic rings. The lowest BCUT2D eigenvalue weighted by Gasteiger charge is -2.34. The summed E-state index contributed by atoms with van der Waals surface area (Å²) in [5.41, 5.74) is 0.973. The molecule has 0 saturated carbocycles. The number of carbonyl (C=O) groups excluding carboxylic acids is 2. The van der Waals surface area contributed by atoms with Gasteiger partial charge in [0.25, 0.3) is 0 Å². The summed E-state index contributed by atoms with van der Waals surface area (Å²) in [5.74, 6) is -0.123. The molecule has 0 aromatic heterocycles. The van der Waals surface area contributed by atoms with Gasteiger partial charge in [0.1, 0.15) is 6.04 Å². The van der Waals surface area contributed by atoms with Crippen LogP contribution in [0.15, 0.2) is 24.3 Å². The van der Waals surface area contributed by atoms with Gasteiger partial charge >= 0.3 is 0 Å². The van der Waals surface area contributed by atoms with E-state index in [4.69, 9.17) is 11.6 Å². The first-order chi connectivity index (χ1) is 8.61. The van der Waals surface area contributed by atoms with Crippen LogP contribution in [0.3, 0.4) is 0 Å². The third kappa shape index (κ3) is 2.64. The maximum Gasteiger partial charge on any atom is 0.243 e. The summed E-state index contributed by atoms with van der Waals surface area (Å²) in [6, 6.07) is 6.93. The van der Waals surface area contributed by atoms with E-state index in [-0.39, 0.29) is 24.4 Å². The van der Waals surface area contributed by atoms with E-state index >= 15 is 0 Å². The van der Waals surface area contributed by atoms with Crippen molar-refractivity contribution >= 4 is 23.4 Å². The lowest BCUT2D eigenvalue weighted by Crippen LogP contribution is -2.57. The van der Waals surface area contributed by atoms with Crippen LogP contribution in [0.5, 0.6) is 0 Å². The molecule has 4 nitrogen and oxygen atoms in total. The van der Waals surface area contributed by atoms with E-state index in [0.717, 1.165) is 5.56 Å². The van der Waals surface area contributed by atoms with Crippen LogP contribution >= 0.6 is 11.6 Å². The third-order valence-electron chi connectivity index (χ3n) is 3.07. The molecule has 18 heavy (non-hydrogen) atoms. The zero-order valence-corrected chi connectivity index (χ0v) is 10.9. The Morgan fingerprint density at radius 2 is 2.00 bits per heavy atom. The van der Waals surface area contributed by atoms with E-state index in [1.165, 1.54) is 0 Å². The number of rotatable bonds is 3. The molecule has 1 atom stereocenters. The standard InChI is InChI=1S/C13H15ClN2O2/c1-2-11-13(18)15-7-12(17)16(11)8-9-3-5-10(14)6-4-9/h3-6,11H,2,7-8H2,1H3,(H,15,18). The van der Waals surface area contributed by atoms with E-state index in [9.17, 15) is 9.59 Å². The van der Waals surface area contributed by atoms with Gasteiger partial charge in [0, 0.05) is 11.6 Å². The van der Waals surface area contributed by atoms with Crippen molar-refractivity contribution in [2.45, 2.75) is 25.9 Å². The minimum atomic E-state index is -0.373. The predicted octanol–water partition coefficient (Wildman–Crippen LogP) is 1.58. The molecule has 96 valence electrons. The van der Waals surface area contributed by atoms with Gasteiger partial charge in [0.05, 0.1) is 6.54 Å². The van der Waals surface area contributed by atoms with Gasteiger partial charge in [0.2, 0.25) is 11.8 Å². The summed E-state index contributed by atoms with van der Waals surface area (Å²) >= 11 is 5.82. The van der Waals surface area contributed by atoms with Gasteiger partial charge in [-0.2, -0.15) is 0 Å². The molecule has 0 aliphatic carbocycles. The van der Waals surface area contributed by atoms with Crippen molar-refractivity contribution in [2.24, 2.45) is 0 Å². The fraction of sp³-hybridized carbons (Fsp3) is 0.385. The van der Waals surface area contributed by atoms with Gasteiger partial charge in [-0.3, -0.25) is 9.59 Å². The van der Waals surface area contributed by atoms with Crippen LogP contribution in [0.25, 0.3) is 0 Å². The highest BCUT2D eigenvalue weighted by Gasteiger charge is 2.32. The smallest absolute Gasteiger partial charge is 0.243 e. The summed E-state index contributed by atoms with van der Waals surface area (Å²) in [5, 5.41) is 3.27. The molecule has 1 fully saturated rings. The zero-order chi connectivity index (χ0) is 13.1. The van der Waals surface area contributed by atoms with Gasteiger partial charge < -0.3 is 10.2 Å². The first-order valence-corrected chi connectivity index (χ1v) is 6.31. The van der Waals surface area contributed by atoms with Crippen LogP contribution in [0.2, 0.25) is 5.02 Å². The molecule has 1 heterocycles. The van der Waals surface area contributed by atoms with Crippen molar-refractivity contribution in [3.63, 3.8) is 0 Å². The van der Waals surface area contributed by atoms with Gasteiger partial charge in [-0.05, 0) is 24.1 Å². The van der Waals surface area contributed by atoms with Crippen LogP contribution in [0.1, 0.15) is 18.9 Å². The van der Waals surface area contributed by atoms with Gasteiger partial charge in [-0.1, -0.05) is 30.7 Å². The Bertz CT molecular complexity index is 459. The minimum absolute atomic E-state index is 0.0450. The van der Waals surface area contributed by atoms with Crippen molar-refractivity contribution < 1.29 is 9.59 Å². The fourth-order valence-electron chi connectivity index (χ4n) is 2.09. The molecule has 0 bridgehead atoms. The summed E-state index contributed by atoms with van der Waals surface area (Å²) in [6.45, 7) is 2.43. The quantitative estimate of drug-likeness (QED) is 0.903. The van der Waals surface area contributed by atoms with Gasteiger partial charge in [-0.15, -0.1) is 0 Å². The topological polar surface area (TPSA) is 49.4 Å². The van der Waals surface area contributed by atoms with E-state index < -0.39 is 0 Å². The van der Waals surface area contributed by atoms with Crippen molar-refractivity contribution in [1.29, 1.82) is 0 Å². The zero-order valence-electron chi connectivity index (χ0n) is 10.1. The summed E-state index contributed by atoms with van der Waals surface area (Å²) < 4.78 is 0. The molecule has 1 aromatic carbocycles. The lowest BCUT2D eigenvalue weighted by molar-refractivity contribution is -0.146. The second kappa shape index (κ2) is 5.40. The van der Waals surface area contributed by atoms with E-state index in [2.05, 4.69) is 5.32 Å². The number of carbonyl (C=O) groups is 2. The maximum absolute atomic E-state index is 11.9. The molecule has 1 aliphatic heterocycles. The predicted molar refractivity (Wildman–Crippen MR) is 69.1 cm³/mol. The van der Waals surface area contributed by atoms with Crippen LogP contribution < -0.4 is 5.32 Å². The Morgan fingerprint density at radius 1 is 1.33 bits per heavy atom. The number of hydrogen-bond donors (Lipinski definition) is 1. The number of nitrogens with zero attached hydrogens (tertiary/aromatic N) is 1. The number of halogens is 1. The molecule has 0 radical (unpaired) electrons. The molecule has 2 rings (SSSR count). The Balaban J connectivity index is 2.16. The molecule has 1 unspecified atom stereocenters. The Labute approximate surface area is 111 Å². The molecule has 2 amide bonds. The van der Waals surface area contributed by atoms with Crippen LogP contribution in [-0.2, 0) is 16.1 Å².